The summed E-state index contributed by atoms with van der Waals surface area (Å²) in [6.07, 6.45) is 1.75. The average Bonchev–Trinajstić information content (AvgIpc) is 2.74. The van der Waals surface area contributed by atoms with Crippen molar-refractivity contribution in [2.45, 2.75) is 0 Å². The molecule has 0 atom stereocenters. The highest BCUT2D eigenvalue weighted by Crippen LogP contribution is 2.03. The zero-order valence-electron chi connectivity index (χ0n) is 8.44. The Morgan fingerprint density at radius 2 is 2.20 bits per heavy atom. The number of hydrogen-bond acceptors (Lipinski definition) is 3. The highest BCUT2D eigenvalue weighted by molar-refractivity contribution is 7.85. The fourth-order valence-corrected chi connectivity index (χ4v) is 2.75. The van der Waals surface area contributed by atoms with Crippen LogP contribution in [-0.2, 0) is 10.8 Å². The molecule has 0 amide bonds. The monoisotopic (exact) mass is 226 g/mol. The van der Waals surface area contributed by atoms with E-state index < -0.39 is 10.8 Å². The Hall–Kier alpha value is -0.940. The summed E-state index contributed by atoms with van der Waals surface area (Å²) in [4.78, 5) is 16.7. The number of rotatable bonds is 3. The Balaban J connectivity index is 1.87. The summed E-state index contributed by atoms with van der Waals surface area (Å²) in [5.41, 5.74) is 0.654. The molecule has 1 aromatic heterocycles. The van der Waals surface area contributed by atoms with Crippen molar-refractivity contribution >= 4 is 16.6 Å². The van der Waals surface area contributed by atoms with Gasteiger partial charge in [0, 0.05) is 41.6 Å². The molecular formula is C10H14N2O2S. The van der Waals surface area contributed by atoms with Gasteiger partial charge >= 0.3 is 0 Å². The normalized spacial score (nSPS) is 19.2. The summed E-state index contributed by atoms with van der Waals surface area (Å²) in [6.45, 7) is 1.95. The smallest absolute Gasteiger partial charge is 0.192 e. The number of ketones is 1. The summed E-state index contributed by atoms with van der Waals surface area (Å²) in [6, 6.07) is 3.60. The number of Topliss-reactive ketones (excluding diaryl/α,β-unsaturated/α-hetero) is 1. The van der Waals surface area contributed by atoms with Crippen LogP contribution in [0, 0.1) is 0 Å². The minimum Gasteiger partial charge on any atom is -0.359 e. The molecule has 1 aromatic rings. The summed E-state index contributed by atoms with van der Waals surface area (Å²) >= 11 is 0. The quantitative estimate of drug-likeness (QED) is 0.752. The number of carbonyl (C=O) groups excluding carboxylic acids is 1. The lowest BCUT2D eigenvalue weighted by Gasteiger charge is -2.24. The molecular weight excluding hydrogens is 212 g/mol. The molecule has 15 heavy (non-hydrogen) atoms. The fraction of sp³-hybridized carbons (Fsp3) is 0.500. The van der Waals surface area contributed by atoms with E-state index in [1.54, 1.807) is 12.3 Å². The van der Waals surface area contributed by atoms with Gasteiger partial charge in [-0.15, -0.1) is 0 Å². The molecule has 2 heterocycles. The molecule has 0 aliphatic carbocycles. The molecule has 1 saturated heterocycles. The van der Waals surface area contributed by atoms with E-state index in [9.17, 15) is 9.00 Å². The van der Waals surface area contributed by atoms with E-state index in [-0.39, 0.29) is 5.78 Å². The number of aromatic nitrogens is 1. The largest absolute Gasteiger partial charge is 0.359 e. The maximum Gasteiger partial charge on any atom is 0.192 e. The van der Waals surface area contributed by atoms with Gasteiger partial charge in [0.25, 0.3) is 0 Å². The maximum absolute atomic E-state index is 11.7. The van der Waals surface area contributed by atoms with Crippen LogP contribution < -0.4 is 0 Å². The Morgan fingerprint density at radius 3 is 2.80 bits per heavy atom. The van der Waals surface area contributed by atoms with Gasteiger partial charge in [-0.05, 0) is 12.1 Å². The van der Waals surface area contributed by atoms with Gasteiger partial charge in [-0.3, -0.25) is 13.9 Å². The number of carbonyl (C=O) groups is 1. The first-order valence-electron chi connectivity index (χ1n) is 4.99. The number of H-pyrrole nitrogens is 1. The molecule has 1 N–H and O–H groups in total. The maximum atomic E-state index is 11.7. The van der Waals surface area contributed by atoms with Crippen molar-refractivity contribution < 1.29 is 9.00 Å². The first-order valence-corrected chi connectivity index (χ1v) is 6.48. The van der Waals surface area contributed by atoms with E-state index in [2.05, 4.69) is 9.88 Å². The summed E-state index contributed by atoms with van der Waals surface area (Å²) in [7, 11) is -0.673. The molecule has 0 radical (unpaired) electrons. The third-order valence-corrected chi connectivity index (χ3v) is 3.81. The lowest BCUT2D eigenvalue weighted by Crippen LogP contribution is -2.40. The molecule has 1 aliphatic rings. The van der Waals surface area contributed by atoms with Gasteiger partial charge < -0.3 is 4.98 Å². The highest BCUT2D eigenvalue weighted by Gasteiger charge is 2.18. The van der Waals surface area contributed by atoms with Gasteiger partial charge in [0.1, 0.15) is 0 Å². The topological polar surface area (TPSA) is 53.2 Å². The third-order valence-electron chi connectivity index (χ3n) is 2.54. The van der Waals surface area contributed by atoms with Crippen molar-refractivity contribution in [3.63, 3.8) is 0 Å². The molecule has 82 valence electrons. The fourth-order valence-electron chi connectivity index (χ4n) is 1.63. The van der Waals surface area contributed by atoms with Crippen LogP contribution in [0.3, 0.4) is 0 Å². The van der Waals surface area contributed by atoms with Crippen LogP contribution in [0.25, 0.3) is 0 Å². The predicted molar refractivity (Wildman–Crippen MR) is 59.4 cm³/mol. The minimum absolute atomic E-state index is 0.104. The molecule has 4 nitrogen and oxygen atoms in total. The first kappa shape index (κ1) is 10.6. The molecule has 0 saturated carbocycles. The van der Waals surface area contributed by atoms with E-state index in [4.69, 9.17) is 0 Å². The van der Waals surface area contributed by atoms with Crippen molar-refractivity contribution in [2.24, 2.45) is 0 Å². The van der Waals surface area contributed by atoms with Crippen LogP contribution >= 0.6 is 0 Å². The lowest BCUT2D eigenvalue weighted by atomic mass is 10.2. The lowest BCUT2D eigenvalue weighted by molar-refractivity contribution is 0.0932. The average molecular weight is 226 g/mol. The first-order chi connectivity index (χ1) is 7.25. The van der Waals surface area contributed by atoms with Crippen LogP contribution in [0.2, 0.25) is 0 Å². The van der Waals surface area contributed by atoms with Gasteiger partial charge in [-0.1, -0.05) is 0 Å². The molecule has 1 fully saturated rings. The molecule has 0 bridgehead atoms. The van der Waals surface area contributed by atoms with Gasteiger partial charge in [-0.25, -0.2) is 0 Å². The Labute approximate surface area is 91.1 Å². The van der Waals surface area contributed by atoms with Crippen LogP contribution in [-0.4, -0.2) is 51.0 Å². The van der Waals surface area contributed by atoms with E-state index in [0.717, 1.165) is 13.1 Å². The number of nitrogens with one attached hydrogen (secondary N) is 1. The van der Waals surface area contributed by atoms with Crippen molar-refractivity contribution in [2.75, 3.05) is 31.1 Å². The Morgan fingerprint density at radius 1 is 1.47 bits per heavy atom. The van der Waals surface area contributed by atoms with Crippen molar-refractivity contribution in [3.8, 4) is 0 Å². The summed E-state index contributed by atoms with van der Waals surface area (Å²) in [5.74, 6) is 1.49. The van der Waals surface area contributed by atoms with Crippen molar-refractivity contribution in [1.29, 1.82) is 0 Å². The molecule has 0 unspecified atom stereocenters. The SMILES string of the molecule is O=C(CN1CCS(=O)CC1)c1ccc[nH]1. The third kappa shape index (κ3) is 2.76. The number of hydrogen-bond donors (Lipinski definition) is 1. The second kappa shape index (κ2) is 4.72. The number of aromatic amines is 1. The van der Waals surface area contributed by atoms with Crippen LogP contribution in [0.4, 0.5) is 0 Å². The van der Waals surface area contributed by atoms with Gasteiger partial charge in [0.05, 0.1) is 12.2 Å². The highest BCUT2D eigenvalue weighted by atomic mass is 32.2. The Bertz CT molecular complexity index is 352. The van der Waals surface area contributed by atoms with E-state index >= 15 is 0 Å². The van der Waals surface area contributed by atoms with Crippen LogP contribution in [0.5, 0.6) is 0 Å². The predicted octanol–water partition coefficient (Wildman–Crippen LogP) is 0.262. The molecule has 0 spiro atoms. The van der Waals surface area contributed by atoms with Gasteiger partial charge in [0.2, 0.25) is 0 Å². The van der Waals surface area contributed by atoms with Crippen LogP contribution in [0.1, 0.15) is 10.5 Å². The number of nitrogens with zero attached hydrogens (tertiary/aromatic N) is 1. The standard InChI is InChI=1S/C10H14N2O2S/c13-10(9-2-1-3-11-9)8-12-4-6-15(14)7-5-12/h1-3,11H,4-8H2. The zero-order valence-corrected chi connectivity index (χ0v) is 9.26. The van der Waals surface area contributed by atoms with E-state index in [0.29, 0.717) is 23.7 Å². The van der Waals surface area contributed by atoms with Crippen molar-refractivity contribution in [3.05, 3.63) is 24.0 Å². The second-order valence-electron chi connectivity index (χ2n) is 3.63. The zero-order chi connectivity index (χ0) is 10.7. The van der Waals surface area contributed by atoms with Gasteiger partial charge in [-0.2, -0.15) is 0 Å². The molecule has 2 rings (SSSR count). The molecule has 1 aliphatic heterocycles. The molecule has 5 heteroatoms. The second-order valence-corrected chi connectivity index (χ2v) is 5.33. The van der Waals surface area contributed by atoms with Crippen molar-refractivity contribution in [1.82, 2.24) is 9.88 Å². The molecule has 0 aromatic carbocycles. The minimum atomic E-state index is -0.673. The van der Waals surface area contributed by atoms with Gasteiger partial charge in [0.15, 0.2) is 5.78 Å². The van der Waals surface area contributed by atoms with E-state index in [1.165, 1.54) is 0 Å². The van der Waals surface area contributed by atoms with Crippen LogP contribution in [0.15, 0.2) is 18.3 Å². The van der Waals surface area contributed by atoms with E-state index in [1.807, 2.05) is 6.07 Å². The summed E-state index contributed by atoms with van der Waals surface area (Å²) in [5, 5.41) is 0. The summed E-state index contributed by atoms with van der Waals surface area (Å²) < 4.78 is 11.1. The Kier molecular flexibility index (Phi) is 3.33.